The van der Waals surface area contributed by atoms with E-state index < -0.39 is 0 Å². The van der Waals surface area contributed by atoms with Crippen molar-refractivity contribution in [1.82, 2.24) is 14.9 Å². The van der Waals surface area contributed by atoms with Gasteiger partial charge in [-0.3, -0.25) is 4.79 Å². The van der Waals surface area contributed by atoms with E-state index in [0.29, 0.717) is 18.8 Å². The molecule has 2 rings (SSSR count). The van der Waals surface area contributed by atoms with Gasteiger partial charge in [0.05, 0.1) is 5.75 Å². The lowest BCUT2D eigenvalue weighted by Crippen LogP contribution is -2.33. The molecule has 1 amide bonds. The molecule has 0 saturated heterocycles. The summed E-state index contributed by atoms with van der Waals surface area (Å²) in [6.45, 7) is 13.3. The molecule has 0 unspecified atom stereocenters. The molecule has 0 aliphatic heterocycles. The summed E-state index contributed by atoms with van der Waals surface area (Å²) < 4.78 is 0. The van der Waals surface area contributed by atoms with Gasteiger partial charge in [-0.25, -0.2) is 9.97 Å². The third-order valence-electron chi connectivity index (χ3n) is 3.46. The number of hydrogen-bond acceptors (Lipinski definition) is 5. The van der Waals surface area contributed by atoms with Crippen LogP contribution in [0.4, 0.5) is 0 Å². The second-order valence-corrected chi connectivity index (χ2v) is 7.46. The number of nitrogens with zero attached hydrogens (tertiary/aromatic N) is 3. The van der Waals surface area contributed by atoms with Crippen molar-refractivity contribution in [3.05, 3.63) is 28.9 Å². The number of amides is 1. The number of likely N-dealkylation sites (N-methyl/N-ethyl adjacent to an activating group) is 1. The van der Waals surface area contributed by atoms with E-state index in [1.54, 1.807) is 17.7 Å². The Morgan fingerprint density at radius 2 is 2.14 bits per heavy atom. The first-order valence-corrected chi connectivity index (χ1v) is 8.99. The summed E-state index contributed by atoms with van der Waals surface area (Å²) in [5.41, 5.74) is 2.21. The van der Waals surface area contributed by atoms with Crippen LogP contribution in [-0.2, 0) is 4.79 Å². The summed E-state index contributed by atoms with van der Waals surface area (Å²) >= 11 is 3.17. The van der Waals surface area contributed by atoms with Gasteiger partial charge >= 0.3 is 0 Å². The Morgan fingerprint density at radius 1 is 1.41 bits per heavy atom. The maximum Gasteiger partial charge on any atom is 0.233 e. The molecule has 2 aromatic rings. The standard InChI is InChI=1S/C16H21N3OS2/c1-6-19(7-10(2)3)13(20)8-21-15-14-11(4)12(5)22-16(14)18-9-17-15/h9H,2,6-8H2,1,3-5H3. The molecule has 22 heavy (non-hydrogen) atoms. The lowest BCUT2D eigenvalue weighted by molar-refractivity contribution is -0.127. The first-order valence-electron chi connectivity index (χ1n) is 7.19. The first kappa shape index (κ1) is 17.0. The molecule has 0 spiro atoms. The van der Waals surface area contributed by atoms with Crippen LogP contribution < -0.4 is 0 Å². The SMILES string of the molecule is C=C(C)CN(CC)C(=O)CSc1ncnc2sc(C)c(C)c12. The van der Waals surface area contributed by atoms with Gasteiger partial charge in [0.1, 0.15) is 16.2 Å². The Kier molecular flexibility index (Phi) is 5.58. The molecule has 0 N–H and O–H groups in total. The monoisotopic (exact) mass is 335 g/mol. The number of thiophene rings is 1. The van der Waals surface area contributed by atoms with Gasteiger partial charge in [0.15, 0.2) is 0 Å². The van der Waals surface area contributed by atoms with E-state index in [0.717, 1.165) is 20.8 Å². The number of carbonyl (C=O) groups is 1. The zero-order valence-electron chi connectivity index (χ0n) is 13.5. The van der Waals surface area contributed by atoms with Crippen molar-refractivity contribution < 1.29 is 4.79 Å². The first-order chi connectivity index (χ1) is 10.4. The molecule has 4 nitrogen and oxygen atoms in total. The Morgan fingerprint density at radius 3 is 2.77 bits per heavy atom. The van der Waals surface area contributed by atoms with E-state index in [-0.39, 0.29) is 5.91 Å². The molecule has 2 heterocycles. The lowest BCUT2D eigenvalue weighted by atomic mass is 10.2. The van der Waals surface area contributed by atoms with Crippen LogP contribution in [0.15, 0.2) is 23.5 Å². The molecule has 2 aromatic heterocycles. The molecular weight excluding hydrogens is 314 g/mol. The lowest BCUT2D eigenvalue weighted by Gasteiger charge is -2.20. The van der Waals surface area contributed by atoms with Crippen molar-refractivity contribution in [3.63, 3.8) is 0 Å². The summed E-state index contributed by atoms with van der Waals surface area (Å²) in [7, 11) is 0. The quantitative estimate of drug-likeness (QED) is 0.457. The molecule has 0 aliphatic rings. The van der Waals surface area contributed by atoms with Crippen LogP contribution in [0.2, 0.25) is 0 Å². The summed E-state index contributed by atoms with van der Waals surface area (Å²) in [5.74, 6) is 0.508. The van der Waals surface area contributed by atoms with Crippen molar-refractivity contribution >= 4 is 39.2 Å². The topological polar surface area (TPSA) is 46.1 Å². The predicted molar refractivity (Wildman–Crippen MR) is 94.7 cm³/mol. The molecule has 118 valence electrons. The van der Waals surface area contributed by atoms with Crippen molar-refractivity contribution in [2.45, 2.75) is 32.7 Å². The van der Waals surface area contributed by atoms with Crippen LogP contribution in [0.5, 0.6) is 0 Å². The number of aromatic nitrogens is 2. The van der Waals surface area contributed by atoms with Gasteiger partial charge in [0, 0.05) is 23.4 Å². The number of fused-ring (bicyclic) bond motifs is 1. The average Bonchev–Trinajstić information content (AvgIpc) is 2.77. The highest BCUT2D eigenvalue weighted by atomic mass is 32.2. The number of hydrogen-bond donors (Lipinski definition) is 0. The van der Waals surface area contributed by atoms with Crippen LogP contribution in [-0.4, -0.2) is 39.6 Å². The zero-order chi connectivity index (χ0) is 16.3. The number of thioether (sulfide) groups is 1. The minimum Gasteiger partial charge on any atom is -0.338 e. The minimum absolute atomic E-state index is 0.117. The van der Waals surface area contributed by atoms with E-state index in [2.05, 4.69) is 30.4 Å². The van der Waals surface area contributed by atoms with Gasteiger partial charge < -0.3 is 4.90 Å². The maximum absolute atomic E-state index is 12.3. The van der Waals surface area contributed by atoms with Crippen molar-refractivity contribution in [1.29, 1.82) is 0 Å². The van der Waals surface area contributed by atoms with E-state index in [4.69, 9.17) is 0 Å². The number of aryl methyl sites for hydroxylation is 2. The maximum atomic E-state index is 12.3. The van der Waals surface area contributed by atoms with Crippen LogP contribution in [0.1, 0.15) is 24.3 Å². The normalized spacial score (nSPS) is 10.9. The van der Waals surface area contributed by atoms with E-state index in [1.165, 1.54) is 22.2 Å². The molecule has 0 radical (unpaired) electrons. The molecule has 0 aromatic carbocycles. The fraction of sp³-hybridized carbons (Fsp3) is 0.438. The fourth-order valence-corrected chi connectivity index (χ4v) is 4.20. The number of carbonyl (C=O) groups excluding carboxylic acids is 1. The summed E-state index contributed by atoms with van der Waals surface area (Å²) in [4.78, 5) is 25.1. The molecule has 0 bridgehead atoms. The summed E-state index contributed by atoms with van der Waals surface area (Å²) in [6.07, 6.45) is 1.58. The van der Waals surface area contributed by atoms with Gasteiger partial charge in [0.25, 0.3) is 0 Å². The largest absolute Gasteiger partial charge is 0.338 e. The second kappa shape index (κ2) is 7.24. The van der Waals surface area contributed by atoms with E-state index >= 15 is 0 Å². The highest BCUT2D eigenvalue weighted by Gasteiger charge is 2.16. The molecule has 0 fully saturated rings. The number of rotatable bonds is 6. The highest BCUT2D eigenvalue weighted by Crippen LogP contribution is 2.34. The molecule has 6 heteroatoms. The summed E-state index contributed by atoms with van der Waals surface area (Å²) in [5, 5.41) is 1.98. The Bertz CT molecular complexity index is 709. The molecule has 0 saturated carbocycles. The molecule has 0 atom stereocenters. The predicted octanol–water partition coefficient (Wildman–Crippen LogP) is 3.82. The molecule has 0 aliphatic carbocycles. The summed E-state index contributed by atoms with van der Waals surface area (Å²) in [6, 6.07) is 0. The third-order valence-corrected chi connectivity index (χ3v) is 5.55. The van der Waals surface area contributed by atoms with Crippen molar-refractivity contribution in [3.8, 4) is 0 Å². The highest BCUT2D eigenvalue weighted by molar-refractivity contribution is 8.00. The van der Waals surface area contributed by atoms with Gasteiger partial charge in [-0.2, -0.15) is 0 Å². The smallest absolute Gasteiger partial charge is 0.233 e. The Labute approximate surface area is 139 Å². The van der Waals surface area contributed by atoms with Crippen LogP contribution >= 0.6 is 23.1 Å². The van der Waals surface area contributed by atoms with E-state index in [9.17, 15) is 4.79 Å². The third kappa shape index (κ3) is 3.67. The zero-order valence-corrected chi connectivity index (χ0v) is 15.1. The van der Waals surface area contributed by atoms with Gasteiger partial charge in [-0.05, 0) is 33.3 Å². The van der Waals surface area contributed by atoms with Gasteiger partial charge in [0.2, 0.25) is 5.91 Å². The second-order valence-electron chi connectivity index (χ2n) is 5.30. The average molecular weight is 335 g/mol. The van der Waals surface area contributed by atoms with Crippen molar-refractivity contribution in [2.24, 2.45) is 0 Å². The van der Waals surface area contributed by atoms with Crippen LogP contribution in [0.3, 0.4) is 0 Å². The van der Waals surface area contributed by atoms with Gasteiger partial charge in [-0.15, -0.1) is 11.3 Å². The van der Waals surface area contributed by atoms with Gasteiger partial charge in [-0.1, -0.05) is 23.9 Å². The Hall–Kier alpha value is -1.40. The van der Waals surface area contributed by atoms with E-state index in [1.807, 2.05) is 18.7 Å². The molecular formula is C16H21N3OS2. The fourth-order valence-electron chi connectivity index (χ4n) is 2.18. The van der Waals surface area contributed by atoms with Crippen LogP contribution in [0.25, 0.3) is 10.2 Å². The minimum atomic E-state index is 0.117. The van der Waals surface area contributed by atoms with Crippen LogP contribution in [0, 0.1) is 13.8 Å². The Balaban J connectivity index is 2.15. The van der Waals surface area contributed by atoms with Crippen molar-refractivity contribution in [2.75, 3.05) is 18.8 Å².